The number of halogens is 1. The van der Waals surface area contributed by atoms with Gasteiger partial charge in [0.05, 0.1) is 25.0 Å². The molecule has 3 rings (SSSR count). The van der Waals surface area contributed by atoms with Crippen molar-refractivity contribution in [3.63, 3.8) is 0 Å². The van der Waals surface area contributed by atoms with Gasteiger partial charge in [-0.3, -0.25) is 9.89 Å². The molecule has 2 fully saturated rings. The minimum Gasteiger partial charge on any atom is -0.373 e. The number of ether oxygens (including phenoxy) is 1. The van der Waals surface area contributed by atoms with Crippen molar-refractivity contribution in [2.45, 2.75) is 25.1 Å². The lowest BCUT2D eigenvalue weighted by Crippen LogP contribution is -2.50. The van der Waals surface area contributed by atoms with Gasteiger partial charge in [-0.1, -0.05) is 30.3 Å². The highest BCUT2D eigenvalue weighted by atomic mass is 127. The molecule has 2 aliphatic rings. The number of likely N-dealkylation sites (tertiary alicyclic amines) is 1. The summed E-state index contributed by atoms with van der Waals surface area (Å²) >= 11 is 0. The van der Waals surface area contributed by atoms with E-state index in [4.69, 9.17) is 4.74 Å². The summed E-state index contributed by atoms with van der Waals surface area (Å²) in [6.45, 7) is 5.40. The van der Waals surface area contributed by atoms with E-state index in [1.165, 1.54) is 11.8 Å². The Morgan fingerprint density at radius 1 is 1.24 bits per heavy atom. The first-order valence-electron chi connectivity index (χ1n) is 9.76. The summed E-state index contributed by atoms with van der Waals surface area (Å²) in [5.41, 5.74) is 1.32. The van der Waals surface area contributed by atoms with Crippen LogP contribution in [0, 0.1) is 0 Å². The summed E-state index contributed by atoms with van der Waals surface area (Å²) in [6.07, 6.45) is 2.05. The number of nitrogens with one attached hydrogen (secondary N) is 2. The number of guanidine groups is 1. The normalized spacial score (nSPS) is 22.8. The number of benzene rings is 1. The minimum atomic E-state index is -3.13. The summed E-state index contributed by atoms with van der Waals surface area (Å²) in [6, 6.07) is 10.9. The zero-order valence-electron chi connectivity index (χ0n) is 17.1. The second-order valence-electron chi connectivity index (χ2n) is 7.33. The van der Waals surface area contributed by atoms with E-state index in [1.54, 1.807) is 7.05 Å². The number of hydrogen-bond acceptors (Lipinski definition) is 5. The highest BCUT2D eigenvalue weighted by Crippen LogP contribution is 2.24. The maximum Gasteiger partial charge on any atom is 0.208 e. The van der Waals surface area contributed by atoms with Crippen LogP contribution in [0.5, 0.6) is 0 Å². The number of morpholine rings is 1. The fourth-order valence-corrected chi connectivity index (χ4v) is 4.34. The first-order chi connectivity index (χ1) is 13.5. The van der Waals surface area contributed by atoms with Crippen LogP contribution in [0.4, 0.5) is 0 Å². The maximum absolute atomic E-state index is 11.1. The molecular weight excluding hydrogens is 505 g/mol. The van der Waals surface area contributed by atoms with Crippen molar-refractivity contribution in [1.29, 1.82) is 0 Å². The van der Waals surface area contributed by atoms with Gasteiger partial charge in [0.1, 0.15) is 0 Å². The number of aliphatic imine (C=N–C) groups is 1. The van der Waals surface area contributed by atoms with Crippen LogP contribution >= 0.6 is 24.0 Å². The standard InChI is InChI=1S/C19H31N5O3S.HI/c1-20-19(21-9-6-10-22-28(2,25)26)24-14-17-18(15-24)27-12-11-23(17)13-16-7-4-3-5-8-16;/h3-5,7-8,17-18,22H,6,9-15H2,1-2H3,(H,20,21);1H. The molecule has 8 nitrogen and oxygen atoms in total. The molecule has 1 aromatic carbocycles. The lowest BCUT2D eigenvalue weighted by atomic mass is 10.1. The molecule has 2 atom stereocenters. The molecule has 2 aliphatic heterocycles. The number of rotatable bonds is 7. The van der Waals surface area contributed by atoms with E-state index in [1.807, 2.05) is 6.07 Å². The molecule has 0 amide bonds. The van der Waals surface area contributed by atoms with Gasteiger partial charge in [0.15, 0.2) is 5.96 Å². The molecule has 1 aromatic rings. The second kappa shape index (κ2) is 11.4. The molecule has 0 aliphatic carbocycles. The molecule has 0 radical (unpaired) electrons. The Morgan fingerprint density at radius 2 is 2.00 bits per heavy atom. The highest BCUT2D eigenvalue weighted by Gasteiger charge is 2.41. The smallest absolute Gasteiger partial charge is 0.208 e. The van der Waals surface area contributed by atoms with Crippen LogP contribution in [-0.2, 0) is 21.3 Å². The van der Waals surface area contributed by atoms with Gasteiger partial charge in [-0.25, -0.2) is 13.1 Å². The second-order valence-corrected chi connectivity index (χ2v) is 9.16. The molecule has 0 saturated carbocycles. The average molecular weight is 537 g/mol. The topological polar surface area (TPSA) is 86.3 Å². The third-order valence-corrected chi connectivity index (χ3v) is 5.89. The van der Waals surface area contributed by atoms with Crippen molar-refractivity contribution in [3.8, 4) is 0 Å². The van der Waals surface area contributed by atoms with E-state index in [-0.39, 0.29) is 30.1 Å². The zero-order valence-corrected chi connectivity index (χ0v) is 20.2. The molecule has 0 spiro atoms. The Balaban J connectivity index is 0.00000300. The van der Waals surface area contributed by atoms with Crippen molar-refractivity contribution >= 4 is 40.0 Å². The van der Waals surface area contributed by atoms with E-state index in [2.05, 4.69) is 49.1 Å². The van der Waals surface area contributed by atoms with Crippen LogP contribution in [0.2, 0.25) is 0 Å². The molecule has 0 bridgehead atoms. The van der Waals surface area contributed by atoms with Gasteiger partial charge < -0.3 is 15.0 Å². The van der Waals surface area contributed by atoms with Crippen LogP contribution in [0.25, 0.3) is 0 Å². The average Bonchev–Trinajstić information content (AvgIpc) is 3.10. The number of fused-ring (bicyclic) bond motifs is 1. The molecule has 10 heteroatoms. The number of nitrogens with zero attached hydrogens (tertiary/aromatic N) is 3. The van der Waals surface area contributed by atoms with Crippen molar-refractivity contribution in [2.75, 3.05) is 52.6 Å². The fourth-order valence-electron chi connectivity index (χ4n) is 3.82. The van der Waals surface area contributed by atoms with Crippen molar-refractivity contribution < 1.29 is 13.2 Å². The lowest BCUT2D eigenvalue weighted by Gasteiger charge is -2.36. The molecule has 2 N–H and O–H groups in total. The van der Waals surface area contributed by atoms with Gasteiger partial charge in [-0.05, 0) is 12.0 Å². The van der Waals surface area contributed by atoms with Crippen molar-refractivity contribution in [2.24, 2.45) is 4.99 Å². The summed E-state index contributed by atoms with van der Waals surface area (Å²) in [4.78, 5) is 9.15. The number of hydrogen-bond donors (Lipinski definition) is 2. The quantitative estimate of drug-likeness (QED) is 0.231. The predicted octanol–water partition coefficient (Wildman–Crippen LogP) is 0.704. The lowest BCUT2D eigenvalue weighted by molar-refractivity contribution is -0.0502. The van der Waals surface area contributed by atoms with Gasteiger partial charge in [-0.15, -0.1) is 24.0 Å². The fraction of sp³-hybridized carbons (Fsp3) is 0.632. The van der Waals surface area contributed by atoms with Gasteiger partial charge >= 0.3 is 0 Å². The van der Waals surface area contributed by atoms with E-state index in [0.29, 0.717) is 25.6 Å². The largest absolute Gasteiger partial charge is 0.373 e. The monoisotopic (exact) mass is 537 g/mol. The van der Waals surface area contributed by atoms with Crippen LogP contribution < -0.4 is 10.0 Å². The Bertz CT molecular complexity index is 762. The van der Waals surface area contributed by atoms with Crippen LogP contribution in [-0.4, -0.2) is 89.0 Å². The SMILES string of the molecule is CN=C(NCCCNS(C)(=O)=O)N1CC2OCCN(Cc3ccccc3)C2C1.I. The molecule has 164 valence electrons. The first-order valence-corrected chi connectivity index (χ1v) is 11.7. The van der Waals surface area contributed by atoms with Crippen molar-refractivity contribution in [1.82, 2.24) is 19.8 Å². The summed E-state index contributed by atoms with van der Waals surface area (Å²) < 4.78 is 30.8. The van der Waals surface area contributed by atoms with Crippen molar-refractivity contribution in [3.05, 3.63) is 35.9 Å². The summed E-state index contributed by atoms with van der Waals surface area (Å²) in [5.74, 6) is 0.844. The summed E-state index contributed by atoms with van der Waals surface area (Å²) in [5, 5.41) is 3.34. The van der Waals surface area contributed by atoms with E-state index >= 15 is 0 Å². The van der Waals surface area contributed by atoms with Gasteiger partial charge in [0, 0.05) is 46.3 Å². The third-order valence-electron chi connectivity index (χ3n) is 5.16. The minimum absolute atomic E-state index is 0. The number of sulfonamides is 1. The highest BCUT2D eigenvalue weighted by molar-refractivity contribution is 14.0. The molecule has 2 heterocycles. The Kier molecular flexibility index (Phi) is 9.60. The summed E-state index contributed by atoms with van der Waals surface area (Å²) in [7, 11) is -1.35. The van der Waals surface area contributed by atoms with Gasteiger partial charge in [0.25, 0.3) is 0 Å². The van der Waals surface area contributed by atoms with E-state index in [0.717, 1.165) is 38.7 Å². The first kappa shape index (κ1) is 24.3. The molecule has 29 heavy (non-hydrogen) atoms. The van der Waals surface area contributed by atoms with Crippen LogP contribution in [0.3, 0.4) is 0 Å². The van der Waals surface area contributed by atoms with E-state index < -0.39 is 10.0 Å². The Labute approximate surface area is 191 Å². The molecule has 0 aromatic heterocycles. The predicted molar refractivity (Wildman–Crippen MR) is 126 cm³/mol. The van der Waals surface area contributed by atoms with Crippen LogP contribution in [0.1, 0.15) is 12.0 Å². The Morgan fingerprint density at radius 3 is 2.69 bits per heavy atom. The third kappa shape index (κ3) is 7.35. The van der Waals surface area contributed by atoms with E-state index in [9.17, 15) is 8.42 Å². The molecule has 2 unspecified atom stereocenters. The van der Waals surface area contributed by atoms with Crippen LogP contribution in [0.15, 0.2) is 35.3 Å². The Hall–Kier alpha value is -0.950. The maximum atomic E-state index is 11.1. The van der Waals surface area contributed by atoms with Gasteiger partial charge in [0.2, 0.25) is 10.0 Å². The zero-order chi connectivity index (χ0) is 20.0. The molecular formula is C19H32IN5O3S. The molecule has 2 saturated heterocycles. The van der Waals surface area contributed by atoms with Gasteiger partial charge in [-0.2, -0.15) is 0 Å².